The number of hydrogen-bond donors (Lipinski definition) is 0. The number of hydrogen-bond acceptors (Lipinski definition) is 5. The molecule has 0 amide bonds. The van der Waals surface area contributed by atoms with Gasteiger partial charge in [-0.05, 0) is 108 Å². The molecule has 0 saturated carbocycles. The van der Waals surface area contributed by atoms with E-state index in [0.717, 1.165) is 77.6 Å². The van der Waals surface area contributed by atoms with Crippen LogP contribution in [0.3, 0.4) is 0 Å². The molecule has 9 aromatic carbocycles. The molecular formula is C62H37N7. The number of nitriles is 3. The minimum atomic E-state index is 0.412. The van der Waals surface area contributed by atoms with Gasteiger partial charge in [0.15, 0.2) is 5.82 Å². The molecule has 0 radical (unpaired) electrons. The first-order valence-corrected chi connectivity index (χ1v) is 22.7. The van der Waals surface area contributed by atoms with Gasteiger partial charge in [0.1, 0.15) is 6.07 Å². The van der Waals surface area contributed by atoms with E-state index in [1.54, 1.807) is 12.1 Å². The summed E-state index contributed by atoms with van der Waals surface area (Å²) in [7, 11) is 0. The molecule has 12 rings (SSSR count). The molecule has 0 aliphatic heterocycles. The smallest absolute Gasteiger partial charge is 0.161 e. The van der Waals surface area contributed by atoms with Crippen LogP contribution < -0.4 is 0 Å². The van der Waals surface area contributed by atoms with E-state index < -0.39 is 0 Å². The number of aryl methyl sites for hydroxylation is 1. The van der Waals surface area contributed by atoms with Crippen molar-refractivity contribution in [1.29, 1.82) is 15.8 Å². The third-order valence-corrected chi connectivity index (χ3v) is 13.2. The highest BCUT2D eigenvalue weighted by molar-refractivity contribution is 6.12. The van der Waals surface area contributed by atoms with Crippen molar-refractivity contribution in [2.45, 2.75) is 6.92 Å². The molecule has 3 heterocycles. The van der Waals surface area contributed by atoms with Crippen LogP contribution in [0.5, 0.6) is 0 Å². The van der Waals surface area contributed by atoms with Crippen LogP contribution in [0.15, 0.2) is 206 Å². The molecule has 7 nitrogen and oxygen atoms in total. The average Bonchev–Trinajstić information content (AvgIpc) is 3.93. The van der Waals surface area contributed by atoms with Gasteiger partial charge in [-0.2, -0.15) is 15.8 Å². The zero-order valence-electron chi connectivity index (χ0n) is 37.3. The van der Waals surface area contributed by atoms with Crippen molar-refractivity contribution in [3.8, 4) is 85.7 Å². The second-order valence-electron chi connectivity index (χ2n) is 17.2. The van der Waals surface area contributed by atoms with Crippen molar-refractivity contribution >= 4 is 43.6 Å². The molecule has 0 N–H and O–H groups in total. The van der Waals surface area contributed by atoms with E-state index in [-0.39, 0.29) is 0 Å². The lowest BCUT2D eigenvalue weighted by Gasteiger charge is -2.16. The van der Waals surface area contributed by atoms with Crippen molar-refractivity contribution in [2.24, 2.45) is 0 Å². The van der Waals surface area contributed by atoms with Gasteiger partial charge in [0.2, 0.25) is 0 Å². The van der Waals surface area contributed by atoms with Gasteiger partial charge in [-0.3, -0.25) is 0 Å². The van der Waals surface area contributed by atoms with E-state index in [1.165, 1.54) is 10.8 Å². The van der Waals surface area contributed by atoms with Crippen LogP contribution in [0.2, 0.25) is 0 Å². The zero-order valence-corrected chi connectivity index (χ0v) is 37.3. The number of benzene rings is 9. The Morgan fingerprint density at radius 2 is 0.826 bits per heavy atom. The second-order valence-corrected chi connectivity index (χ2v) is 17.2. The van der Waals surface area contributed by atoms with E-state index in [1.807, 2.05) is 60.7 Å². The van der Waals surface area contributed by atoms with Crippen LogP contribution >= 0.6 is 0 Å². The van der Waals surface area contributed by atoms with Crippen LogP contribution in [0, 0.1) is 40.9 Å². The summed E-state index contributed by atoms with van der Waals surface area (Å²) >= 11 is 0. The highest BCUT2D eigenvalue weighted by Gasteiger charge is 2.21. The average molecular weight is 880 g/mol. The maximum absolute atomic E-state index is 10.8. The first-order chi connectivity index (χ1) is 34.0. The number of nitrogens with zero attached hydrogens (tertiary/aromatic N) is 7. The molecule has 0 aliphatic rings. The Labute approximate surface area is 397 Å². The number of aromatic nitrogens is 4. The van der Waals surface area contributed by atoms with Gasteiger partial charge in [-0.1, -0.05) is 133 Å². The zero-order chi connectivity index (χ0) is 46.6. The lowest BCUT2D eigenvalue weighted by molar-refractivity contribution is 1.13. The summed E-state index contributed by atoms with van der Waals surface area (Å²) in [6.45, 7) is 2.09. The molecule has 0 bridgehead atoms. The minimum absolute atomic E-state index is 0.412. The van der Waals surface area contributed by atoms with Crippen LogP contribution in [-0.2, 0) is 0 Å². The summed E-state index contributed by atoms with van der Waals surface area (Å²) in [5, 5.41) is 35.3. The molecule has 69 heavy (non-hydrogen) atoms. The molecule has 0 saturated heterocycles. The summed E-state index contributed by atoms with van der Waals surface area (Å²) in [5.41, 5.74) is 16.5. The molecule has 0 fully saturated rings. The lowest BCUT2D eigenvalue weighted by Crippen LogP contribution is -2.02. The van der Waals surface area contributed by atoms with Crippen molar-refractivity contribution in [3.05, 3.63) is 229 Å². The van der Waals surface area contributed by atoms with Crippen molar-refractivity contribution < 1.29 is 0 Å². The summed E-state index contributed by atoms with van der Waals surface area (Å²) in [6.07, 6.45) is 0. The predicted octanol–water partition coefficient (Wildman–Crippen LogP) is 14.9. The molecule has 7 heteroatoms. The number of fused-ring (bicyclic) bond motifs is 6. The molecule has 3 aromatic heterocycles. The third-order valence-electron chi connectivity index (χ3n) is 13.2. The molecule has 0 spiro atoms. The van der Waals surface area contributed by atoms with Gasteiger partial charge in [0, 0.05) is 43.9 Å². The lowest BCUT2D eigenvalue weighted by atomic mass is 9.96. The van der Waals surface area contributed by atoms with Crippen LogP contribution in [-0.4, -0.2) is 19.1 Å². The Morgan fingerprint density at radius 1 is 0.362 bits per heavy atom. The topological polar surface area (TPSA) is 107 Å². The molecule has 0 atom stereocenters. The molecule has 0 aliphatic carbocycles. The maximum atomic E-state index is 10.8. The quantitative estimate of drug-likeness (QED) is 0.158. The Hall–Kier alpha value is -9.87. The largest absolute Gasteiger partial charge is 0.309 e. The monoisotopic (exact) mass is 879 g/mol. The fourth-order valence-corrected chi connectivity index (χ4v) is 9.99. The molecule has 320 valence electrons. The SMILES string of the molecule is Cc1cc(-c2ccc(-c3ccc(-c4cc(-c5ccccc5C#N)nc(-c5ccccc5C#N)n4)cc3)cc2)cc(C#N)c1-n1c2ccccc2c2cc(-n3c4ccccc4c4ccccc43)ccc21. The van der Waals surface area contributed by atoms with E-state index in [2.05, 4.69) is 168 Å². The highest BCUT2D eigenvalue weighted by Crippen LogP contribution is 2.40. The van der Waals surface area contributed by atoms with Gasteiger partial charge in [-0.25, -0.2) is 9.97 Å². The van der Waals surface area contributed by atoms with E-state index in [0.29, 0.717) is 45.0 Å². The Kier molecular flexibility index (Phi) is 9.73. The van der Waals surface area contributed by atoms with Crippen molar-refractivity contribution in [2.75, 3.05) is 0 Å². The first-order valence-electron chi connectivity index (χ1n) is 22.7. The fraction of sp³-hybridized carbons (Fsp3) is 0.0161. The van der Waals surface area contributed by atoms with Gasteiger partial charge in [-0.15, -0.1) is 0 Å². The fourth-order valence-electron chi connectivity index (χ4n) is 9.99. The summed E-state index contributed by atoms with van der Waals surface area (Å²) in [5.74, 6) is 0.412. The highest BCUT2D eigenvalue weighted by atomic mass is 15.0. The third kappa shape index (κ3) is 6.80. The van der Waals surface area contributed by atoms with Crippen molar-refractivity contribution in [1.82, 2.24) is 19.1 Å². The molecular weight excluding hydrogens is 843 g/mol. The number of rotatable bonds is 7. The Balaban J connectivity index is 0.881. The summed E-state index contributed by atoms with van der Waals surface area (Å²) in [4.78, 5) is 9.81. The minimum Gasteiger partial charge on any atom is -0.309 e. The maximum Gasteiger partial charge on any atom is 0.161 e. The van der Waals surface area contributed by atoms with E-state index >= 15 is 0 Å². The second kappa shape index (κ2) is 16.5. The van der Waals surface area contributed by atoms with Gasteiger partial charge in [0.05, 0.1) is 68.0 Å². The molecule has 12 aromatic rings. The number of para-hydroxylation sites is 3. The van der Waals surface area contributed by atoms with Crippen molar-refractivity contribution in [3.63, 3.8) is 0 Å². The van der Waals surface area contributed by atoms with E-state index in [4.69, 9.17) is 9.97 Å². The Bertz CT molecular complexity index is 4040. The Morgan fingerprint density at radius 3 is 1.43 bits per heavy atom. The normalized spacial score (nSPS) is 11.2. The summed E-state index contributed by atoms with van der Waals surface area (Å²) < 4.78 is 4.60. The summed E-state index contributed by atoms with van der Waals surface area (Å²) in [6, 6.07) is 76.8. The van der Waals surface area contributed by atoms with Gasteiger partial charge in [0.25, 0.3) is 0 Å². The van der Waals surface area contributed by atoms with Gasteiger partial charge >= 0.3 is 0 Å². The molecule has 0 unspecified atom stereocenters. The van der Waals surface area contributed by atoms with Crippen LogP contribution in [0.1, 0.15) is 22.3 Å². The first kappa shape index (κ1) is 40.6. The van der Waals surface area contributed by atoms with Crippen LogP contribution in [0.25, 0.3) is 111 Å². The van der Waals surface area contributed by atoms with Crippen LogP contribution in [0.4, 0.5) is 0 Å². The van der Waals surface area contributed by atoms with E-state index in [9.17, 15) is 15.8 Å². The predicted molar refractivity (Wildman–Crippen MR) is 277 cm³/mol. The van der Waals surface area contributed by atoms with Gasteiger partial charge < -0.3 is 9.13 Å². The standard InChI is InChI=1S/C62H37N7/c1-39-32-46(33-47(38-65)61(39)69-59-21-11-8-18-53(59)54-34-48(30-31-60(54)69)68-57-19-9-6-16-51(57)52-17-7-10-20-58(52)68)42-24-22-40(23-25-42)41-26-28-43(29-27-41)55-35-56(49-14-4-2-12-44(49)36-63)67-62(66-55)50-15-5-3-13-45(50)37-64/h2-35H,1H3.